The molecule has 9 heteroatoms. The number of hydrogen-bond acceptors (Lipinski definition) is 7. The number of aromatic nitrogens is 3. The first kappa shape index (κ1) is 19.3. The van der Waals surface area contributed by atoms with Gasteiger partial charge >= 0.3 is 0 Å². The summed E-state index contributed by atoms with van der Waals surface area (Å²) in [6.07, 6.45) is 1.48. The topological polar surface area (TPSA) is 110 Å². The molecule has 0 spiro atoms. The molecule has 9 nitrogen and oxygen atoms in total. The van der Waals surface area contributed by atoms with E-state index in [1.54, 1.807) is 22.8 Å². The molecule has 0 unspecified atom stereocenters. The van der Waals surface area contributed by atoms with E-state index >= 15 is 0 Å². The Morgan fingerprint density at radius 2 is 1.80 bits per heavy atom. The minimum atomic E-state index is -0.470. The van der Waals surface area contributed by atoms with Gasteiger partial charge in [-0.1, -0.05) is 30.3 Å². The maximum atomic E-state index is 11.4. The summed E-state index contributed by atoms with van der Waals surface area (Å²) in [6, 6.07) is 17.9. The van der Waals surface area contributed by atoms with Crippen LogP contribution < -0.4 is 4.90 Å². The second kappa shape index (κ2) is 8.55. The molecule has 1 aliphatic heterocycles. The van der Waals surface area contributed by atoms with E-state index in [1.807, 2.05) is 35.2 Å². The van der Waals surface area contributed by atoms with Crippen LogP contribution in [0, 0.1) is 21.4 Å². The Morgan fingerprint density at radius 3 is 2.50 bits per heavy atom. The molecule has 30 heavy (non-hydrogen) atoms. The number of anilines is 1. The van der Waals surface area contributed by atoms with E-state index in [0.29, 0.717) is 43.6 Å². The third-order valence-electron chi connectivity index (χ3n) is 4.75. The van der Waals surface area contributed by atoms with Crippen molar-refractivity contribution in [3.63, 3.8) is 0 Å². The number of nitro benzene ring substituents is 1. The monoisotopic (exact) mass is 402 g/mol. The van der Waals surface area contributed by atoms with Gasteiger partial charge in [0.25, 0.3) is 5.69 Å². The first-order valence-electron chi connectivity index (χ1n) is 9.38. The minimum absolute atomic E-state index is 0.0792. The average Bonchev–Trinajstić information content (AvgIpc) is 3.24. The van der Waals surface area contributed by atoms with Gasteiger partial charge in [-0.25, -0.2) is 0 Å². The predicted octanol–water partition coefficient (Wildman–Crippen LogP) is 3.08. The van der Waals surface area contributed by atoms with Crippen LogP contribution in [0.1, 0.15) is 11.4 Å². The third-order valence-corrected chi connectivity index (χ3v) is 4.75. The van der Waals surface area contributed by atoms with Crippen molar-refractivity contribution >= 4 is 23.3 Å². The summed E-state index contributed by atoms with van der Waals surface area (Å²) in [6.45, 7) is 2.46. The molecule has 2 aromatic carbocycles. The van der Waals surface area contributed by atoms with Crippen molar-refractivity contribution < 1.29 is 9.66 Å². The average molecular weight is 402 g/mol. The number of nitrogens with zero attached hydrogens (tertiary/aromatic N) is 6. The highest BCUT2D eigenvalue weighted by Gasteiger charge is 2.24. The smallest absolute Gasteiger partial charge is 0.276 e. The summed E-state index contributed by atoms with van der Waals surface area (Å²) in [5.41, 5.74) is 1.22. The van der Waals surface area contributed by atoms with Crippen LogP contribution in [0.4, 0.5) is 11.6 Å². The number of hydrogen-bond donors (Lipinski definition) is 0. The zero-order valence-corrected chi connectivity index (χ0v) is 16.0. The van der Waals surface area contributed by atoms with E-state index in [-0.39, 0.29) is 11.3 Å². The van der Waals surface area contributed by atoms with Crippen LogP contribution in [-0.2, 0) is 4.74 Å². The van der Waals surface area contributed by atoms with Crippen LogP contribution in [-0.4, -0.2) is 46.0 Å². The van der Waals surface area contributed by atoms with Gasteiger partial charge in [-0.05, 0) is 24.3 Å². The quantitative estimate of drug-likeness (QED) is 0.366. The molecule has 1 saturated heterocycles. The number of rotatable bonds is 5. The first-order valence-corrected chi connectivity index (χ1v) is 9.38. The molecule has 0 radical (unpaired) electrons. The molecule has 1 fully saturated rings. The molecular formula is C21H18N6O3. The van der Waals surface area contributed by atoms with Gasteiger partial charge in [-0.3, -0.25) is 14.7 Å². The highest BCUT2D eigenvalue weighted by molar-refractivity contribution is 5.89. The summed E-state index contributed by atoms with van der Waals surface area (Å²) in [5, 5.41) is 29.8. The van der Waals surface area contributed by atoms with Crippen molar-refractivity contribution in [3.05, 3.63) is 76.1 Å². The van der Waals surface area contributed by atoms with Crippen LogP contribution in [0.15, 0.2) is 54.6 Å². The Balaban J connectivity index is 1.87. The normalized spacial score (nSPS) is 14.4. The lowest BCUT2D eigenvalue weighted by Crippen LogP contribution is -2.38. The number of allylic oxidation sites excluding steroid dienone is 1. The lowest BCUT2D eigenvalue weighted by Gasteiger charge is -2.28. The Labute approximate surface area is 172 Å². The molecule has 0 aliphatic carbocycles. The standard InChI is InChI=1S/C21H18N6O3/c22-15-17(14-16-6-4-5-9-19(16)27(28)29)20-23-24-21(25-10-12-30-13-11-25)26(20)18-7-2-1-3-8-18/h1-9,14H,10-13H2/b17-14+. The lowest BCUT2D eigenvalue weighted by atomic mass is 10.1. The van der Waals surface area contributed by atoms with Crippen LogP contribution in [0.3, 0.4) is 0 Å². The molecule has 0 saturated carbocycles. The summed E-state index contributed by atoms with van der Waals surface area (Å²) in [4.78, 5) is 12.9. The zero-order valence-electron chi connectivity index (χ0n) is 16.0. The summed E-state index contributed by atoms with van der Waals surface area (Å²) in [7, 11) is 0. The van der Waals surface area contributed by atoms with Gasteiger partial charge in [-0.2, -0.15) is 5.26 Å². The van der Waals surface area contributed by atoms with Crippen molar-refractivity contribution in [1.82, 2.24) is 14.8 Å². The van der Waals surface area contributed by atoms with Gasteiger partial charge in [-0.15, -0.1) is 10.2 Å². The molecule has 1 aliphatic rings. The van der Waals surface area contributed by atoms with Crippen molar-refractivity contribution in [2.75, 3.05) is 31.2 Å². The zero-order chi connectivity index (χ0) is 20.9. The van der Waals surface area contributed by atoms with Gasteiger partial charge in [0, 0.05) is 19.2 Å². The SMILES string of the molecule is N#C/C(=C\c1ccccc1[N+](=O)[O-])c1nnc(N2CCOCC2)n1-c1ccccc1. The molecule has 0 amide bonds. The van der Waals surface area contributed by atoms with E-state index in [9.17, 15) is 15.4 Å². The maximum absolute atomic E-state index is 11.4. The fourth-order valence-electron chi connectivity index (χ4n) is 3.31. The molecular weight excluding hydrogens is 384 g/mol. The van der Waals surface area contributed by atoms with Gasteiger partial charge in [0.05, 0.1) is 35.0 Å². The number of nitro groups is 1. The van der Waals surface area contributed by atoms with Crippen LogP contribution in [0.2, 0.25) is 0 Å². The Hall–Kier alpha value is -4.03. The number of morpholine rings is 1. The molecule has 0 N–H and O–H groups in total. The Kier molecular flexibility index (Phi) is 5.50. The number of benzene rings is 2. The summed E-state index contributed by atoms with van der Waals surface area (Å²) < 4.78 is 7.23. The Bertz CT molecular complexity index is 1130. The fraction of sp³-hybridized carbons (Fsp3) is 0.190. The molecule has 3 aromatic rings. The van der Waals surface area contributed by atoms with Gasteiger partial charge in [0.15, 0.2) is 5.82 Å². The number of ether oxygens (including phenoxy) is 1. The van der Waals surface area contributed by atoms with E-state index in [0.717, 1.165) is 5.69 Å². The minimum Gasteiger partial charge on any atom is -0.378 e. The van der Waals surface area contributed by atoms with Crippen molar-refractivity contribution in [3.8, 4) is 11.8 Å². The molecule has 4 rings (SSSR count). The van der Waals surface area contributed by atoms with E-state index < -0.39 is 4.92 Å². The first-order chi connectivity index (χ1) is 14.7. The molecule has 2 heterocycles. The fourth-order valence-corrected chi connectivity index (χ4v) is 3.31. The van der Waals surface area contributed by atoms with Crippen molar-refractivity contribution in [2.45, 2.75) is 0 Å². The predicted molar refractivity (Wildman–Crippen MR) is 111 cm³/mol. The highest BCUT2D eigenvalue weighted by Crippen LogP contribution is 2.28. The molecule has 0 bridgehead atoms. The van der Waals surface area contributed by atoms with E-state index in [2.05, 4.69) is 16.3 Å². The van der Waals surface area contributed by atoms with E-state index in [4.69, 9.17) is 4.74 Å². The van der Waals surface area contributed by atoms with Crippen molar-refractivity contribution in [1.29, 1.82) is 5.26 Å². The number of para-hydroxylation sites is 2. The van der Waals surface area contributed by atoms with Crippen LogP contribution in [0.25, 0.3) is 17.3 Å². The lowest BCUT2D eigenvalue weighted by molar-refractivity contribution is -0.385. The van der Waals surface area contributed by atoms with Crippen LogP contribution in [0.5, 0.6) is 0 Å². The van der Waals surface area contributed by atoms with Crippen LogP contribution >= 0.6 is 0 Å². The maximum Gasteiger partial charge on any atom is 0.276 e. The largest absolute Gasteiger partial charge is 0.378 e. The molecule has 1 aromatic heterocycles. The summed E-state index contributed by atoms with van der Waals surface area (Å²) in [5.74, 6) is 0.923. The molecule has 0 atom stereocenters. The summed E-state index contributed by atoms with van der Waals surface area (Å²) >= 11 is 0. The van der Waals surface area contributed by atoms with Gasteiger partial charge in [0.1, 0.15) is 6.07 Å². The highest BCUT2D eigenvalue weighted by atomic mass is 16.6. The second-order valence-corrected chi connectivity index (χ2v) is 6.58. The molecule has 150 valence electrons. The van der Waals surface area contributed by atoms with Crippen molar-refractivity contribution in [2.24, 2.45) is 0 Å². The second-order valence-electron chi connectivity index (χ2n) is 6.58. The third kappa shape index (κ3) is 3.76. The van der Waals surface area contributed by atoms with Gasteiger partial charge in [0.2, 0.25) is 5.95 Å². The number of nitriles is 1. The Morgan fingerprint density at radius 1 is 1.10 bits per heavy atom. The van der Waals surface area contributed by atoms with E-state index in [1.165, 1.54) is 12.1 Å². The van der Waals surface area contributed by atoms with Gasteiger partial charge < -0.3 is 9.64 Å².